The van der Waals surface area contributed by atoms with E-state index in [0.717, 1.165) is 5.56 Å². The number of anilines is 1. The molecule has 0 atom stereocenters. The number of hydrogen-bond acceptors (Lipinski definition) is 4. The highest BCUT2D eigenvalue weighted by atomic mass is 32.1. The minimum Gasteiger partial charge on any atom is -0.481 e. The van der Waals surface area contributed by atoms with Gasteiger partial charge in [0.25, 0.3) is 0 Å². The third kappa shape index (κ3) is 4.36. The summed E-state index contributed by atoms with van der Waals surface area (Å²) in [5, 5.41) is 17.9. The van der Waals surface area contributed by atoms with Crippen LogP contribution in [0.1, 0.15) is 11.3 Å². The molecule has 0 bridgehead atoms. The highest BCUT2D eigenvalue weighted by Crippen LogP contribution is 2.08. The van der Waals surface area contributed by atoms with Crippen LogP contribution in [-0.2, 0) is 17.8 Å². The zero-order valence-corrected chi connectivity index (χ0v) is 11.3. The second-order valence-corrected chi connectivity index (χ2v) is 4.83. The molecule has 0 spiro atoms. The molecule has 2 heterocycles. The Labute approximate surface area is 119 Å². The Morgan fingerprint density at radius 1 is 1.30 bits per heavy atom. The van der Waals surface area contributed by atoms with Gasteiger partial charge in [0.15, 0.2) is 0 Å². The molecule has 6 nitrogen and oxygen atoms in total. The molecule has 2 aromatic heterocycles. The average Bonchev–Trinajstić information content (AvgIpc) is 2.91. The molecule has 0 aromatic carbocycles. The molecule has 0 aliphatic heterocycles. The Balaban J connectivity index is 1.83. The number of carboxylic acids is 1. The molecule has 0 radical (unpaired) electrons. The van der Waals surface area contributed by atoms with Crippen molar-refractivity contribution in [1.82, 2.24) is 10.3 Å². The van der Waals surface area contributed by atoms with Gasteiger partial charge in [-0.2, -0.15) is 11.3 Å². The number of pyridine rings is 1. The highest BCUT2D eigenvalue weighted by Gasteiger charge is 2.04. The van der Waals surface area contributed by atoms with Gasteiger partial charge in [-0.05, 0) is 34.5 Å². The van der Waals surface area contributed by atoms with Crippen LogP contribution in [-0.4, -0.2) is 22.1 Å². The number of hydrogen-bond donors (Lipinski definition) is 3. The number of aliphatic carboxylic acids is 1. The second-order valence-electron chi connectivity index (χ2n) is 4.05. The van der Waals surface area contributed by atoms with Crippen molar-refractivity contribution >= 4 is 29.0 Å². The molecule has 2 aromatic rings. The van der Waals surface area contributed by atoms with E-state index in [1.807, 2.05) is 16.8 Å². The van der Waals surface area contributed by atoms with E-state index in [-0.39, 0.29) is 12.5 Å². The Hall–Kier alpha value is -2.41. The molecule has 0 aliphatic carbocycles. The van der Waals surface area contributed by atoms with Gasteiger partial charge in [-0.3, -0.25) is 9.78 Å². The van der Waals surface area contributed by atoms with Crippen LogP contribution >= 0.6 is 11.3 Å². The summed E-state index contributed by atoms with van der Waals surface area (Å²) in [6.45, 7) is 0.458. The van der Waals surface area contributed by atoms with Crippen LogP contribution in [0.15, 0.2) is 35.2 Å². The lowest BCUT2D eigenvalue weighted by Gasteiger charge is -2.07. The van der Waals surface area contributed by atoms with Gasteiger partial charge in [0, 0.05) is 6.54 Å². The number of nitrogens with one attached hydrogen (secondary N) is 2. The summed E-state index contributed by atoms with van der Waals surface area (Å²) < 4.78 is 0. The van der Waals surface area contributed by atoms with Gasteiger partial charge >= 0.3 is 12.0 Å². The van der Waals surface area contributed by atoms with Crippen LogP contribution in [0.25, 0.3) is 0 Å². The zero-order valence-electron chi connectivity index (χ0n) is 10.5. The number of carboxylic acid groups (broad SMARTS) is 1. The van der Waals surface area contributed by atoms with Crippen LogP contribution in [0.3, 0.4) is 0 Å². The molecular weight excluding hydrogens is 278 g/mol. The van der Waals surface area contributed by atoms with E-state index in [0.29, 0.717) is 17.9 Å². The summed E-state index contributed by atoms with van der Waals surface area (Å²) in [6, 6.07) is 4.80. The SMILES string of the molecule is O=C(O)Cc1ccc(NC(=O)NCc2ccsc2)cn1. The van der Waals surface area contributed by atoms with Crippen LogP contribution in [0, 0.1) is 0 Å². The lowest BCUT2D eigenvalue weighted by Crippen LogP contribution is -2.28. The zero-order chi connectivity index (χ0) is 14.4. The van der Waals surface area contributed by atoms with Crippen molar-refractivity contribution < 1.29 is 14.7 Å². The molecule has 2 rings (SSSR count). The van der Waals surface area contributed by atoms with Gasteiger partial charge in [-0.15, -0.1) is 0 Å². The molecule has 2 amide bonds. The van der Waals surface area contributed by atoms with Crippen LogP contribution in [0.2, 0.25) is 0 Å². The van der Waals surface area contributed by atoms with E-state index < -0.39 is 5.97 Å². The maximum Gasteiger partial charge on any atom is 0.319 e. The number of urea groups is 1. The number of nitrogens with zero attached hydrogens (tertiary/aromatic N) is 1. The van der Waals surface area contributed by atoms with Gasteiger partial charge in [0.2, 0.25) is 0 Å². The first-order valence-corrected chi connectivity index (χ1v) is 6.80. The third-order valence-corrected chi connectivity index (χ3v) is 3.18. The first kappa shape index (κ1) is 14.0. The third-order valence-electron chi connectivity index (χ3n) is 2.45. The lowest BCUT2D eigenvalue weighted by atomic mass is 10.2. The van der Waals surface area contributed by atoms with Crippen LogP contribution in [0.5, 0.6) is 0 Å². The number of rotatable bonds is 5. The quantitative estimate of drug-likeness (QED) is 0.786. The van der Waals surface area contributed by atoms with Crippen molar-refractivity contribution in [3.63, 3.8) is 0 Å². The number of aromatic nitrogens is 1. The van der Waals surface area contributed by atoms with Crippen molar-refractivity contribution in [1.29, 1.82) is 0 Å². The standard InChI is InChI=1S/C13H13N3O3S/c17-12(18)5-10-1-2-11(7-14-10)16-13(19)15-6-9-3-4-20-8-9/h1-4,7-8H,5-6H2,(H,17,18)(H2,15,16,19). The molecule has 7 heteroatoms. The molecule has 0 aliphatic rings. The molecular formula is C13H13N3O3S. The fourth-order valence-corrected chi connectivity index (χ4v) is 2.18. The molecule has 0 unspecified atom stereocenters. The highest BCUT2D eigenvalue weighted by molar-refractivity contribution is 7.07. The van der Waals surface area contributed by atoms with E-state index in [1.165, 1.54) is 6.20 Å². The van der Waals surface area contributed by atoms with E-state index in [1.54, 1.807) is 23.5 Å². The van der Waals surface area contributed by atoms with Gasteiger partial charge in [-0.1, -0.05) is 0 Å². The number of thiophene rings is 1. The van der Waals surface area contributed by atoms with Crippen molar-refractivity contribution in [2.45, 2.75) is 13.0 Å². The maximum atomic E-state index is 11.6. The summed E-state index contributed by atoms with van der Waals surface area (Å²) in [4.78, 5) is 26.1. The van der Waals surface area contributed by atoms with Crippen molar-refractivity contribution in [2.75, 3.05) is 5.32 Å². The van der Waals surface area contributed by atoms with E-state index in [2.05, 4.69) is 15.6 Å². The van der Waals surface area contributed by atoms with Crippen molar-refractivity contribution in [2.24, 2.45) is 0 Å². The molecule has 0 saturated carbocycles. The number of carbonyl (C=O) groups excluding carboxylic acids is 1. The first-order valence-electron chi connectivity index (χ1n) is 5.86. The molecule has 20 heavy (non-hydrogen) atoms. The Morgan fingerprint density at radius 3 is 2.75 bits per heavy atom. The van der Waals surface area contributed by atoms with Gasteiger partial charge in [0.05, 0.1) is 24.0 Å². The van der Waals surface area contributed by atoms with Gasteiger partial charge in [-0.25, -0.2) is 4.79 Å². The second kappa shape index (κ2) is 6.67. The summed E-state index contributed by atoms with van der Waals surface area (Å²) in [7, 11) is 0. The Morgan fingerprint density at radius 2 is 2.15 bits per heavy atom. The van der Waals surface area contributed by atoms with Crippen LogP contribution < -0.4 is 10.6 Å². The minimum atomic E-state index is -0.938. The predicted octanol–water partition coefficient (Wildman–Crippen LogP) is 2.09. The normalized spacial score (nSPS) is 10.0. The van der Waals surface area contributed by atoms with Crippen molar-refractivity contribution in [3.8, 4) is 0 Å². The topological polar surface area (TPSA) is 91.3 Å². The Kier molecular flexibility index (Phi) is 4.67. The summed E-state index contributed by atoms with van der Waals surface area (Å²) >= 11 is 1.57. The summed E-state index contributed by atoms with van der Waals surface area (Å²) in [5.41, 5.74) is 2.00. The minimum absolute atomic E-state index is 0.134. The fourth-order valence-electron chi connectivity index (χ4n) is 1.51. The van der Waals surface area contributed by atoms with E-state index >= 15 is 0 Å². The fraction of sp³-hybridized carbons (Fsp3) is 0.154. The van der Waals surface area contributed by atoms with Crippen LogP contribution in [0.4, 0.5) is 10.5 Å². The number of carbonyl (C=O) groups is 2. The van der Waals surface area contributed by atoms with Crippen molar-refractivity contribution in [3.05, 3.63) is 46.4 Å². The molecule has 3 N–H and O–H groups in total. The monoisotopic (exact) mass is 291 g/mol. The average molecular weight is 291 g/mol. The molecule has 0 saturated heterocycles. The molecule has 0 fully saturated rings. The van der Waals surface area contributed by atoms with E-state index in [9.17, 15) is 9.59 Å². The first-order chi connectivity index (χ1) is 9.63. The maximum absolute atomic E-state index is 11.6. The van der Waals surface area contributed by atoms with Gasteiger partial charge < -0.3 is 15.7 Å². The Bertz CT molecular complexity index is 581. The number of amides is 2. The lowest BCUT2D eigenvalue weighted by molar-refractivity contribution is -0.136. The summed E-state index contributed by atoms with van der Waals surface area (Å²) in [6.07, 6.45) is 1.30. The smallest absolute Gasteiger partial charge is 0.319 e. The predicted molar refractivity (Wildman–Crippen MR) is 75.8 cm³/mol. The molecule has 104 valence electrons. The largest absolute Gasteiger partial charge is 0.481 e. The summed E-state index contributed by atoms with van der Waals surface area (Å²) in [5.74, 6) is -0.938. The van der Waals surface area contributed by atoms with E-state index in [4.69, 9.17) is 5.11 Å². The van der Waals surface area contributed by atoms with Gasteiger partial charge in [0.1, 0.15) is 0 Å².